The highest BCUT2D eigenvalue weighted by atomic mass is 16.5. The van der Waals surface area contributed by atoms with E-state index in [-0.39, 0.29) is 0 Å². The van der Waals surface area contributed by atoms with Gasteiger partial charge in [0.2, 0.25) is 0 Å². The van der Waals surface area contributed by atoms with E-state index < -0.39 is 0 Å². The Bertz CT molecular complexity index is 496. The summed E-state index contributed by atoms with van der Waals surface area (Å²) < 4.78 is 5.54. The van der Waals surface area contributed by atoms with E-state index in [9.17, 15) is 0 Å². The van der Waals surface area contributed by atoms with Crippen molar-refractivity contribution in [1.82, 2.24) is 10.3 Å². The van der Waals surface area contributed by atoms with E-state index in [1.807, 2.05) is 6.20 Å². The summed E-state index contributed by atoms with van der Waals surface area (Å²) in [6, 6.07) is 0.825. The molecule has 0 spiro atoms. The summed E-state index contributed by atoms with van der Waals surface area (Å²) >= 11 is 0. The number of aromatic nitrogens is 1. The van der Waals surface area contributed by atoms with Crippen molar-refractivity contribution in [2.75, 3.05) is 13.7 Å². The van der Waals surface area contributed by atoms with Crippen LogP contribution < -0.4 is 10.1 Å². The predicted octanol–water partition coefficient (Wildman–Crippen LogP) is 3.42. The molecule has 0 bridgehead atoms. The third-order valence-corrected chi connectivity index (χ3v) is 5.27. The van der Waals surface area contributed by atoms with E-state index in [1.54, 1.807) is 7.11 Å². The minimum absolute atomic E-state index is 0.787. The first-order valence-corrected chi connectivity index (χ1v) is 8.41. The Kier molecular flexibility index (Phi) is 4.48. The average Bonchev–Trinajstić information content (AvgIpc) is 3.20. The number of hydrogen-bond donors (Lipinski definition) is 1. The van der Waals surface area contributed by atoms with Crippen molar-refractivity contribution in [2.24, 2.45) is 11.8 Å². The fraction of sp³-hybridized carbons (Fsp3) is 0.722. The Morgan fingerprint density at radius 1 is 1.19 bits per heavy atom. The summed E-state index contributed by atoms with van der Waals surface area (Å²) in [7, 11) is 1.76. The van der Waals surface area contributed by atoms with Gasteiger partial charge in [0.25, 0.3) is 0 Å². The molecule has 3 rings (SSSR count). The molecule has 0 aromatic carbocycles. The van der Waals surface area contributed by atoms with Gasteiger partial charge in [-0.05, 0) is 64.3 Å². The van der Waals surface area contributed by atoms with Gasteiger partial charge in [-0.3, -0.25) is 4.98 Å². The third kappa shape index (κ3) is 3.39. The highest BCUT2D eigenvalue weighted by Crippen LogP contribution is 2.36. The number of hydrogen-bond acceptors (Lipinski definition) is 3. The first-order chi connectivity index (χ1) is 10.2. The molecule has 1 aromatic rings. The van der Waals surface area contributed by atoms with Crippen molar-refractivity contribution in [3.05, 3.63) is 23.0 Å². The molecular weight excluding hydrogens is 260 g/mol. The highest BCUT2D eigenvalue weighted by Gasteiger charge is 2.30. The SMILES string of the molecule is COc1c(C)cnc(CC2CCCC2CNC2CC2)c1C. The Balaban J connectivity index is 1.67. The zero-order valence-corrected chi connectivity index (χ0v) is 13.6. The van der Waals surface area contributed by atoms with E-state index in [2.05, 4.69) is 19.2 Å². The van der Waals surface area contributed by atoms with Crippen LogP contribution in [0.15, 0.2) is 6.20 Å². The molecule has 1 heterocycles. The van der Waals surface area contributed by atoms with Gasteiger partial charge in [-0.1, -0.05) is 6.42 Å². The minimum Gasteiger partial charge on any atom is -0.496 e. The number of nitrogens with zero attached hydrogens (tertiary/aromatic N) is 1. The molecule has 116 valence electrons. The second kappa shape index (κ2) is 6.35. The van der Waals surface area contributed by atoms with Crippen molar-refractivity contribution in [3.8, 4) is 5.75 Å². The zero-order chi connectivity index (χ0) is 14.8. The van der Waals surface area contributed by atoms with E-state index in [4.69, 9.17) is 9.72 Å². The predicted molar refractivity (Wildman–Crippen MR) is 85.8 cm³/mol. The van der Waals surface area contributed by atoms with Crippen molar-refractivity contribution in [2.45, 2.75) is 58.4 Å². The van der Waals surface area contributed by atoms with Gasteiger partial charge in [-0.15, -0.1) is 0 Å². The first kappa shape index (κ1) is 14.8. The van der Waals surface area contributed by atoms with Gasteiger partial charge in [0.1, 0.15) is 5.75 Å². The second-order valence-corrected chi connectivity index (χ2v) is 6.88. The number of methoxy groups -OCH3 is 1. The van der Waals surface area contributed by atoms with E-state index >= 15 is 0 Å². The van der Waals surface area contributed by atoms with Crippen molar-refractivity contribution < 1.29 is 4.74 Å². The lowest BCUT2D eigenvalue weighted by Gasteiger charge is -2.21. The molecule has 2 fully saturated rings. The maximum absolute atomic E-state index is 5.54. The third-order valence-electron chi connectivity index (χ3n) is 5.27. The Morgan fingerprint density at radius 2 is 1.95 bits per heavy atom. The topological polar surface area (TPSA) is 34.1 Å². The molecule has 1 N–H and O–H groups in total. The molecule has 0 saturated heterocycles. The smallest absolute Gasteiger partial charge is 0.128 e. The maximum Gasteiger partial charge on any atom is 0.128 e. The zero-order valence-electron chi connectivity index (χ0n) is 13.6. The lowest BCUT2D eigenvalue weighted by molar-refractivity contribution is 0.359. The number of ether oxygens (including phenoxy) is 1. The molecule has 3 nitrogen and oxygen atoms in total. The summed E-state index contributed by atoms with van der Waals surface area (Å²) in [5.74, 6) is 2.64. The number of pyridine rings is 1. The van der Waals surface area contributed by atoms with Crippen LogP contribution >= 0.6 is 0 Å². The summed E-state index contributed by atoms with van der Waals surface area (Å²) in [6.45, 7) is 5.43. The number of rotatable bonds is 6. The highest BCUT2D eigenvalue weighted by molar-refractivity contribution is 5.41. The van der Waals surface area contributed by atoms with Gasteiger partial charge in [0, 0.05) is 29.1 Å². The number of aryl methyl sites for hydroxylation is 1. The fourth-order valence-corrected chi connectivity index (χ4v) is 3.78. The molecule has 0 radical (unpaired) electrons. The van der Waals surface area contributed by atoms with Crippen LogP contribution in [0.5, 0.6) is 5.75 Å². The van der Waals surface area contributed by atoms with Crippen LogP contribution in [0.1, 0.15) is 48.9 Å². The van der Waals surface area contributed by atoms with E-state index in [0.29, 0.717) is 0 Å². The summed E-state index contributed by atoms with van der Waals surface area (Å²) in [6.07, 6.45) is 9.96. The van der Waals surface area contributed by atoms with Crippen LogP contribution in [0.25, 0.3) is 0 Å². The molecule has 1 aromatic heterocycles. The van der Waals surface area contributed by atoms with Gasteiger partial charge in [0.15, 0.2) is 0 Å². The van der Waals surface area contributed by atoms with Crippen LogP contribution in [0.4, 0.5) is 0 Å². The normalized spacial score (nSPS) is 25.3. The number of nitrogens with one attached hydrogen (secondary N) is 1. The molecule has 2 saturated carbocycles. The largest absolute Gasteiger partial charge is 0.496 e. The Morgan fingerprint density at radius 3 is 2.67 bits per heavy atom. The average molecular weight is 288 g/mol. The van der Waals surface area contributed by atoms with Crippen LogP contribution in [0, 0.1) is 25.7 Å². The molecule has 0 aliphatic heterocycles. The lowest BCUT2D eigenvalue weighted by atomic mass is 9.90. The van der Waals surface area contributed by atoms with Crippen LogP contribution in [-0.2, 0) is 6.42 Å². The van der Waals surface area contributed by atoms with Gasteiger partial charge < -0.3 is 10.1 Å². The molecular formula is C18H28N2O. The minimum atomic E-state index is 0.787. The van der Waals surface area contributed by atoms with Crippen molar-refractivity contribution >= 4 is 0 Å². The summed E-state index contributed by atoms with van der Waals surface area (Å²) in [4.78, 5) is 4.69. The molecule has 2 aliphatic carbocycles. The fourth-order valence-electron chi connectivity index (χ4n) is 3.78. The molecule has 2 aliphatic rings. The standard InChI is InChI=1S/C18H28N2O/c1-12-10-20-17(13(2)18(12)21-3)9-14-5-4-6-15(14)11-19-16-7-8-16/h10,14-16,19H,4-9,11H2,1-3H3. The van der Waals surface area contributed by atoms with Gasteiger partial charge in [0.05, 0.1) is 7.11 Å². The molecule has 21 heavy (non-hydrogen) atoms. The van der Waals surface area contributed by atoms with Crippen LogP contribution in [-0.4, -0.2) is 24.7 Å². The van der Waals surface area contributed by atoms with Crippen LogP contribution in [0.2, 0.25) is 0 Å². The quantitative estimate of drug-likeness (QED) is 0.871. The van der Waals surface area contributed by atoms with Gasteiger partial charge in [-0.25, -0.2) is 0 Å². The molecule has 2 atom stereocenters. The van der Waals surface area contributed by atoms with Crippen molar-refractivity contribution in [1.29, 1.82) is 0 Å². The molecule has 3 heteroatoms. The van der Waals surface area contributed by atoms with Gasteiger partial charge in [-0.2, -0.15) is 0 Å². The Labute approximate surface area is 128 Å². The van der Waals surface area contributed by atoms with Crippen molar-refractivity contribution in [3.63, 3.8) is 0 Å². The van der Waals surface area contributed by atoms with Gasteiger partial charge >= 0.3 is 0 Å². The summed E-state index contributed by atoms with van der Waals surface area (Å²) in [5.41, 5.74) is 3.61. The molecule has 2 unspecified atom stereocenters. The maximum atomic E-state index is 5.54. The monoisotopic (exact) mass is 288 g/mol. The lowest BCUT2D eigenvalue weighted by Crippen LogP contribution is -2.28. The summed E-state index contributed by atoms with van der Waals surface area (Å²) in [5, 5.41) is 3.72. The first-order valence-electron chi connectivity index (χ1n) is 8.41. The van der Waals surface area contributed by atoms with E-state index in [1.165, 1.54) is 49.9 Å². The van der Waals surface area contributed by atoms with Crippen LogP contribution in [0.3, 0.4) is 0 Å². The Hall–Kier alpha value is -1.09. The second-order valence-electron chi connectivity index (χ2n) is 6.88. The van der Waals surface area contributed by atoms with E-state index in [0.717, 1.165) is 35.6 Å². The molecule has 0 amide bonds.